The number of ether oxygens (including phenoxy) is 1. The zero-order chi connectivity index (χ0) is 15.7. The number of amides is 1. The lowest BCUT2D eigenvalue weighted by Crippen LogP contribution is -2.27. The summed E-state index contributed by atoms with van der Waals surface area (Å²) in [6.07, 6.45) is -0.967. The van der Waals surface area contributed by atoms with Crippen LogP contribution in [0.2, 0.25) is 0 Å². The maximum atomic E-state index is 12.4. The SMILES string of the molecule is COC(=O)c1cccc(CN2C(=O)c3ccccc3C2O)c1. The highest BCUT2D eigenvalue weighted by molar-refractivity contribution is 5.98. The third-order valence-corrected chi connectivity index (χ3v) is 3.73. The highest BCUT2D eigenvalue weighted by Gasteiger charge is 2.34. The van der Waals surface area contributed by atoms with Crippen LogP contribution < -0.4 is 0 Å². The standard InChI is InChI=1S/C17H15NO4/c1-22-17(21)12-6-4-5-11(9-12)10-18-15(19)13-7-2-3-8-14(13)16(18)20/h2-9,15,19H,10H2,1H3. The van der Waals surface area contributed by atoms with E-state index >= 15 is 0 Å². The number of benzene rings is 2. The van der Waals surface area contributed by atoms with Crippen LogP contribution >= 0.6 is 0 Å². The van der Waals surface area contributed by atoms with Gasteiger partial charge in [-0.1, -0.05) is 30.3 Å². The van der Waals surface area contributed by atoms with Gasteiger partial charge in [0.2, 0.25) is 0 Å². The van der Waals surface area contributed by atoms with E-state index in [9.17, 15) is 14.7 Å². The van der Waals surface area contributed by atoms with Crippen LogP contribution in [0.5, 0.6) is 0 Å². The summed E-state index contributed by atoms with van der Waals surface area (Å²) in [7, 11) is 1.32. The summed E-state index contributed by atoms with van der Waals surface area (Å²) < 4.78 is 4.69. The Labute approximate surface area is 127 Å². The van der Waals surface area contributed by atoms with Crippen LogP contribution in [0, 0.1) is 0 Å². The van der Waals surface area contributed by atoms with Crippen molar-refractivity contribution < 1.29 is 19.4 Å². The summed E-state index contributed by atoms with van der Waals surface area (Å²) in [5.74, 6) is -0.648. The molecule has 22 heavy (non-hydrogen) atoms. The summed E-state index contributed by atoms with van der Waals surface area (Å²) in [5, 5.41) is 10.3. The molecule has 0 saturated carbocycles. The number of carbonyl (C=O) groups is 2. The van der Waals surface area contributed by atoms with Crippen LogP contribution in [0.1, 0.15) is 38.1 Å². The average molecular weight is 297 g/mol. The number of hydrogen-bond acceptors (Lipinski definition) is 4. The first-order chi connectivity index (χ1) is 10.6. The molecule has 0 bridgehead atoms. The van der Waals surface area contributed by atoms with Gasteiger partial charge in [-0.3, -0.25) is 4.79 Å². The first-order valence-electron chi connectivity index (χ1n) is 6.87. The maximum Gasteiger partial charge on any atom is 0.337 e. The van der Waals surface area contributed by atoms with Crippen molar-refractivity contribution in [3.8, 4) is 0 Å². The largest absolute Gasteiger partial charge is 0.465 e. The van der Waals surface area contributed by atoms with Gasteiger partial charge < -0.3 is 14.7 Å². The number of hydrogen-bond donors (Lipinski definition) is 1. The number of aliphatic hydroxyl groups excluding tert-OH is 1. The van der Waals surface area contributed by atoms with Gasteiger partial charge in [0.05, 0.1) is 12.7 Å². The molecular weight excluding hydrogens is 282 g/mol. The van der Waals surface area contributed by atoms with E-state index < -0.39 is 12.2 Å². The summed E-state index contributed by atoms with van der Waals surface area (Å²) in [6.45, 7) is 0.222. The fourth-order valence-electron chi connectivity index (χ4n) is 2.62. The third kappa shape index (κ3) is 2.35. The monoisotopic (exact) mass is 297 g/mol. The van der Waals surface area contributed by atoms with Gasteiger partial charge in [0.1, 0.15) is 0 Å². The van der Waals surface area contributed by atoms with Crippen molar-refractivity contribution in [2.75, 3.05) is 7.11 Å². The van der Waals surface area contributed by atoms with E-state index in [1.807, 2.05) is 0 Å². The van der Waals surface area contributed by atoms with E-state index in [1.54, 1.807) is 48.5 Å². The Hall–Kier alpha value is -2.66. The summed E-state index contributed by atoms with van der Waals surface area (Å²) in [4.78, 5) is 25.3. The van der Waals surface area contributed by atoms with Gasteiger partial charge in [0.25, 0.3) is 5.91 Å². The molecule has 1 unspecified atom stereocenters. The lowest BCUT2D eigenvalue weighted by Gasteiger charge is -2.21. The minimum absolute atomic E-state index is 0.216. The second-order valence-corrected chi connectivity index (χ2v) is 5.09. The van der Waals surface area contributed by atoms with Gasteiger partial charge in [0.15, 0.2) is 6.23 Å². The topological polar surface area (TPSA) is 66.8 Å². The van der Waals surface area contributed by atoms with Crippen LogP contribution in [0.15, 0.2) is 48.5 Å². The van der Waals surface area contributed by atoms with Crippen molar-refractivity contribution in [3.05, 3.63) is 70.8 Å². The first-order valence-corrected chi connectivity index (χ1v) is 6.87. The van der Waals surface area contributed by atoms with Gasteiger partial charge in [-0.15, -0.1) is 0 Å². The molecule has 5 heteroatoms. The Bertz CT molecular complexity index is 741. The minimum Gasteiger partial charge on any atom is -0.465 e. The van der Waals surface area contributed by atoms with Crippen LogP contribution in [0.4, 0.5) is 0 Å². The molecule has 0 fully saturated rings. The van der Waals surface area contributed by atoms with E-state index in [-0.39, 0.29) is 12.5 Å². The molecule has 0 aliphatic carbocycles. The van der Waals surface area contributed by atoms with Crippen molar-refractivity contribution in [2.24, 2.45) is 0 Å². The van der Waals surface area contributed by atoms with E-state index in [0.717, 1.165) is 5.56 Å². The Balaban J connectivity index is 1.86. The number of methoxy groups -OCH3 is 1. The predicted molar refractivity (Wildman–Crippen MR) is 79.1 cm³/mol. The van der Waals surface area contributed by atoms with E-state index in [1.165, 1.54) is 12.0 Å². The second-order valence-electron chi connectivity index (χ2n) is 5.09. The molecule has 5 nitrogen and oxygen atoms in total. The molecular formula is C17H15NO4. The molecule has 0 saturated heterocycles. The fourth-order valence-corrected chi connectivity index (χ4v) is 2.62. The van der Waals surface area contributed by atoms with Crippen molar-refractivity contribution in [1.29, 1.82) is 0 Å². The quantitative estimate of drug-likeness (QED) is 0.881. The molecule has 2 aromatic rings. The van der Waals surface area contributed by atoms with Crippen LogP contribution in [-0.2, 0) is 11.3 Å². The molecule has 112 valence electrons. The van der Waals surface area contributed by atoms with E-state index in [2.05, 4.69) is 4.74 Å². The highest BCUT2D eigenvalue weighted by atomic mass is 16.5. The zero-order valence-electron chi connectivity index (χ0n) is 12.0. The second kappa shape index (κ2) is 5.61. The van der Waals surface area contributed by atoms with Gasteiger partial charge in [-0.2, -0.15) is 0 Å². The predicted octanol–water partition coefficient (Wildman–Crippen LogP) is 2.12. The van der Waals surface area contributed by atoms with Crippen LogP contribution in [0.25, 0.3) is 0 Å². The molecule has 0 radical (unpaired) electrons. The number of aliphatic hydroxyl groups is 1. The molecule has 2 aromatic carbocycles. The van der Waals surface area contributed by atoms with Crippen LogP contribution in [-0.4, -0.2) is 29.0 Å². The smallest absolute Gasteiger partial charge is 0.337 e. The molecule has 1 aliphatic heterocycles. The number of carbonyl (C=O) groups excluding carboxylic acids is 2. The summed E-state index contributed by atoms with van der Waals surface area (Å²) in [6, 6.07) is 13.8. The molecule has 1 atom stereocenters. The first kappa shape index (κ1) is 14.3. The molecule has 0 spiro atoms. The number of esters is 1. The van der Waals surface area contributed by atoms with Gasteiger partial charge in [-0.25, -0.2) is 4.79 Å². The third-order valence-electron chi connectivity index (χ3n) is 3.73. The van der Waals surface area contributed by atoms with Crippen molar-refractivity contribution in [3.63, 3.8) is 0 Å². The molecule has 0 aromatic heterocycles. The van der Waals surface area contributed by atoms with Crippen molar-refractivity contribution in [1.82, 2.24) is 4.90 Å². The molecule has 1 N–H and O–H groups in total. The fraction of sp³-hybridized carbons (Fsp3) is 0.176. The number of nitrogens with zero attached hydrogens (tertiary/aromatic N) is 1. The van der Waals surface area contributed by atoms with Crippen LogP contribution in [0.3, 0.4) is 0 Å². The van der Waals surface area contributed by atoms with Gasteiger partial charge in [-0.05, 0) is 23.8 Å². The zero-order valence-corrected chi connectivity index (χ0v) is 12.0. The van der Waals surface area contributed by atoms with Gasteiger partial charge >= 0.3 is 5.97 Å². The average Bonchev–Trinajstić information content (AvgIpc) is 2.80. The molecule has 1 aliphatic rings. The lowest BCUT2D eigenvalue weighted by atomic mass is 10.1. The highest BCUT2D eigenvalue weighted by Crippen LogP contribution is 2.32. The van der Waals surface area contributed by atoms with E-state index in [4.69, 9.17) is 0 Å². The minimum atomic E-state index is -0.967. The van der Waals surface area contributed by atoms with Crippen molar-refractivity contribution in [2.45, 2.75) is 12.8 Å². The summed E-state index contributed by atoms with van der Waals surface area (Å²) in [5.41, 5.74) is 2.29. The Morgan fingerprint density at radius 1 is 1.23 bits per heavy atom. The van der Waals surface area contributed by atoms with Gasteiger partial charge in [0, 0.05) is 17.7 Å². The molecule has 1 amide bonds. The normalized spacial score (nSPS) is 16.5. The Kier molecular flexibility index (Phi) is 3.65. The maximum absolute atomic E-state index is 12.4. The Morgan fingerprint density at radius 3 is 2.73 bits per heavy atom. The summed E-state index contributed by atoms with van der Waals surface area (Å²) >= 11 is 0. The number of rotatable bonds is 3. The number of fused-ring (bicyclic) bond motifs is 1. The molecule has 3 rings (SSSR count). The Morgan fingerprint density at radius 2 is 2.00 bits per heavy atom. The van der Waals surface area contributed by atoms with Crippen molar-refractivity contribution >= 4 is 11.9 Å². The van der Waals surface area contributed by atoms with E-state index in [0.29, 0.717) is 16.7 Å². The lowest BCUT2D eigenvalue weighted by molar-refractivity contribution is 0.0137. The molecule has 1 heterocycles.